The van der Waals surface area contributed by atoms with Crippen LogP contribution >= 0.6 is 0 Å². The van der Waals surface area contributed by atoms with Gasteiger partial charge in [-0.3, -0.25) is 4.79 Å². The molecule has 12 heavy (non-hydrogen) atoms. The first kappa shape index (κ1) is 8.70. The van der Waals surface area contributed by atoms with Gasteiger partial charge in [0.2, 0.25) is 0 Å². The Bertz CT molecular complexity index is 268. The Hall–Kier alpha value is -1.39. The van der Waals surface area contributed by atoms with Crippen molar-refractivity contribution in [3.05, 3.63) is 11.9 Å². The monoisotopic (exact) mass is 168 g/mol. The van der Waals surface area contributed by atoms with Gasteiger partial charge in [-0.05, 0) is 6.42 Å². The molecule has 0 aliphatic carbocycles. The molecule has 0 aliphatic rings. The molecule has 0 bridgehead atoms. The van der Waals surface area contributed by atoms with Crippen molar-refractivity contribution in [1.29, 1.82) is 0 Å². The minimum absolute atomic E-state index is 0.121. The lowest BCUT2D eigenvalue weighted by Crippen LogP contribution is -2.26. The molecule has 1 rings (SSSR count). The van der Waals surface area contributed by atoms with E-state index in [4.69, 9.17) is 0 Å². The Balaban J connectivity index is 2.59. The first-order valence-corrected chi connectivity index (χ1v) is 3.88. The van der Waals surface area contributed by atoms with Crippen molar-refractivity contribution < 1.29 is 4.79 Å². The summed E-state index contributed by atoms with van der Waals surface area (Å²) in [5.74, 6) is -0.121. The summed E-state index contributed by atoms with van der Waals surface area (Å²) in [5.41, 5.74) is 0.489. The van der Waals surface area contributed by atoms with Crippen molar-refractivity contribution in [3.8, 4) is 0 Å². The van der Waals surface area contributed by atoms with Crippen LogP contribution in [0.4, 0.5) is 0 Å². The molecule has 5 nitrogen and oxygen atoms in total. The van der Waals surface area contributed by atoms with Crippen molar-refractivity contribution >= 4 is 5.91 Å². The van der Waals surface area contributed by atoms with Crippen molar-refractivity contribution in [2.24, 2.45) is 7.05 Å². The second-order valence-corrected chi connectivity index (χ2v) is 2.50. The predicted molar refractivity (Wildman–Crippen MR) is 43.6 cm³/mol. The molecule has 0 aromatic carbocycles. The second kappa shape index (κ2) is 3.85. The van der Waals surface area contributed by atoms with E-state index in [1.807, 2.05) is 6.92 Å². The molecule has 0 radical (unpaired) electrons. The van der Waals surface area contributed by atoms with E-state index in [0.29, 0.717) is 12.2 Å². The van der Waals surface area contributed by atoms with Crippen LogP contribution < -0.4 is 5.32 Å². The molecule has 1 aromatic heterocycles. The van der Waals surface area contributed by atoms with E-state index in [0.717, 1.165) is 6.42 Å². The van der Waals surface area contributed by atoms with Crippen molar-refractivity contribution in [2.45, 2.75) is 13.3 Å². The van der Waals surface area contributed by atoms with Gasteiger partial charge in [0.25, 0.3) is 5.91 Å². The van der Waals surface area contributed by atoms with Crippen molar-refractivity contribution in [3.63, 3.8) is 0 Å². The summed E-state index contributed by atoms with van der Waals surface area (Å²) in [6.45, 7) is 2.69. The van der Waals surface area contributed by atoms with Crippen LogP contribution in [0.1, 0.15) is 23.8 Å². The maximum atomic E-state index is 11.3. The maximum absolute atomic E-state index is 11.3. The summed E-state index contributed by atoms with van der Waals surface area (Å²) in [7, 11) is 1.69. The molecule has 0 saturated carbocycles. The van der Waals surface area contributed by atoms with Crippen LogP contribution in [0.15, 0.2) is 6.20 Å². The minimum atomic E-state index is -0.121. The van der Waals surface area contributed by atoms with Crippen LogP contribution in [-0.2, 0) is 7.05 Å². The molecule has 1 aromatic rings. The summed E-state index contributed by atoms with van der Waals surface area (Å²) in [6, 6.07) is 0. The highest BCUT2D eigenvalue weighted by molar-refractivity contribution is 5.92. The first-order chi connectivity index (χ1) is 5.75. The van der Waals surface area contributed by atoms with Gasteiger partial charge in [0, 0.05) is 13.6 Å². The molecule has 5 heteroatoms. The number of aryl methyl sites for hydroxylation is 1. The summed E-state index contributed by atoms with van der Waals surface area (Å²) in [6.07, 6.45) is 2.38. The molecule has 66 valence electrons. The highest BCUT2D eigenvalue weighted by atomic mass is 16.2. The number of carbonyl (C=O) groups is 1. The smallest absolute Gasteiger partial charge is 0.271 e. The van der Waals surface area contributed by atoms with Gasteiger partial charge in [-0.25, -0.2) is 4.68 Å². The number of hydrogen-bond acceptors (Lipinski definition) is 3. The summed E-state index contributed by atoms with van der Waals surface area (Å²) in [4.78, 5) is 11.3. The molecule has 1 amide bonds. The molecule has 0 atom stereocenters. The van der Waals surface area contributed by atoms with Gasteiger partial charge in [-0.1, -0.05) is 12.1 Å². The van der Waals surface area contributed by atoms with E-state index in [9.17, 15) is 4.79 Å². The number of nitrogens with zero attached hydrogens (tertiary/aromatic N) is 3. The minimum Gasteiger partial charge on any atom is -0.351 e. The average Bonchev–Trinajstić information content (AvgIpc) is 2.47. The van der Waals surface area contributed by atoms with Gasteiger partial charge in [-0.2, -0.15) is 0 Å². The van der Waals surface area contributed by atoms with E-state index in [-0.39, 0.29) is 5.91 Å². The van der Waals surface area contributed by atoms with Crippen molar-refractivity contribution in [1.82, 2.24) is 20.3 Å². The van der Waals surface area contributed by atoms with E-state index in [1.165, 1.54) is 10.9 Å². The van der Waals surface area contributed by atoms with Crippen molar-refractivity contribution in [2.75, 3.05) is 6.54 Å². The second-order valence-electron chi connectivity index (χ2n) is 2.50. The Morgan fingerprint density at radius 3 is 3.00 bits per heavy atom. The molecular weight excluding hydrogens is 156 g/mol. The highest BCUT2D eigenvalue weighted by Crippen LogP contribution is 1.92. The fourth-order valence-electron chi connectivity index (χ4n) is 0.824. The van der Waals surface area contributed by atoms with E-state index < -0.39 is 0 Å². The lowest BCUT2D eigenvalue weighted by Gasteiger charge is -2.01. The Morgan fingerprint density at radius 2 is 2.50 bits per heavy atom. The topological polar surface area (TPSA) is 59.8 Å². The molecule has 0 aliphatic heterocycles. The largest absolute Gasteiger partial charge is 0.351 e. The molecule has 1 heterocycles. The number of aromatic nitrogens is 3. The summed E-state index contributed by atoms with van der Waals surface area (Å²) >= 11 is 0. The fourth-order valence-corrected chi connectivity index (χ4v) is 0.824. The fraction of sp³-hybridized carbons (Fsp3) is 0.571. The zero-order chi connectivity index (χ0) is 8.97. The molecule has 0 saturated heterocycles. The van der Waals surface area contributed by atoms with Crippen LogP contribution in [0.25, 0.3) is 0 Å². The summed E-state index contributed by atoms with van der Waals surface area (Å²) < 4.78 is 1.45. The van der Waals surface area contributed by atoms with Gasteiger partial charge < -0.3 is 5.32 Å². The van der Waals surface area contributed by atoms with Gasteiger partial charge in [0.15, 0.2) is 0 Å². The third-order valence-electron chi connectivity index (χ3n) is 1.48. The van der Waals surface area contributed by atoms with Gasteiger partial charge >= 0.3 is 0 Å². The Kier molecular flexibility index (Phi) is 2.79. The van der Waals surface area contributed by atoms with Crippen LogP contribution in [0, 0.1) is 0 Å². The predicted octanol–water partition coefficient (Wildman–Crippen LogP) is -0.0451. The number of hydrogen-bond donors (Lipinski definition) is 1. The van der Waals surface area contributed by atoms with Crippen LogP contribution in [0.3, 0.4) is 0 Å². The maximum Gasteiger partial charge on any atom is 0.271 e. The average molecular weight is 168 g/mol. The van der Waals surface area contributed by atoms with Crippen LogP contribution in [0.2, 0.25) is 0 Å². The number of nitrogens with one attached hydrogen (secondary N) is 1. The van der Waals surface area contributed by atoms with Gasteiger partial charge in [0.05, 0.1) is 6.20 Å². The Morgan fingerprint density at radius 1 is 1.75 bits per heavy atom. The number of carbonyl (C=O) groups excluding carboxylic acids is 1. The third kappa shape index (κ3) is 1.81. The first-order valence-electron chi connectivity index (χ1n) is 3.88. The number of amides is 1. The quantitative estimate of drug-likeness (QED) is 0.688. The zero-order valence-corrected chi connectivity index (χ0v) is 7.24. The Labute approximate surface area is 70.8 Å². The lowest BCUT2D eigenvalue weighted by molar-refractivity contribution is 0.0944. The van der Waals surface area contributed by atoms with Crippen LogP contribution in [-0.4, -0.2) is 27.4 Å². The lowest BCUT2D eigenvalue weighted by atomic mass is 10.4. The van der Waals surface area contributed by atoms with Gasteiger partial charge in [-0.15, -0.1) is 5.10 Å². The molecule has 0 spiro atoms. The zero-order valence-electron chi connectivity index (χ0n) is 7.24. The van der Waals surface area contributed by atoms with Gasteiger partial charge in [0.1, 0.15) is 5.69 Å². The molecule has 1 N–H and O–H groups in total. The SMILES string of the molecule is CCCNC(=O)c1cnnn1C. The van der Waals surface area contributed by atoms with E-state index in [2.05, 4.69) is 15.6 Å². The van der Waals surface area contributed by atoms with E-state index in [1.54, 1.807) is 7.05 Å². The summed E-state index contributed by atoms with van der Waals surface area (Å²) in [5, 5.41) is 9.99. The van der Waals surface area contributed by atoms with Crippen LogP contribution in [0.5, 0.6) is 0 Å². The molecular formula is C7H12N4O. The molecule has 0 unspecified atom stereocenters. The third-order valence-corrected chi connectivity index (χ3v) is 1.48. The highest BCUT2D eigenvalue weighted by Gasteiger charge is 2.08. The van der Waals surface area contributed by atoms with E-state index >= 15 is 0 Å². The molecule has 0 fully saturated rings. The number of rotatable bonds is 3. The standard InChI is InChI=1S/C7H12N4O/c1-3-4-8-7(12)6-5-9-10-11(6)2/h5H,3-4H2,1-2H3,(H,8,12). The normalized spacial score (nSPS) is 9.83.